The van der Waals surface area contributed by atoms with Gasteiger partial charge in [0.15, 0.2) is 0 Å². The monoisotopic (exact) mass is 341 g/mol. The molecule has 2 N–H and O–H groups in total. The minimum absolute atomic E-state index is 0.364. The molecule has 0 aliphatic rings. The summed E-state index contributed by atoms with van der Waals surface area (Å²) in [5.41, 5.74) is 7.32. The van der Waals surface area contributed by atoms with Gasteiger partial charge in [-0.1, -0.05) is 33.6 Å². The molecule has 0 saturated carbocycles. The van der Waals surface area contributed by atoms with Crippen LogP contribution in [0.15, 0.2) is 40.9 Å². The molecule has 2 aromatic carbocycles. The van der Waals surface area contributed by atoms with Crippen molar-refractivity contribution in [3.05, 3.63) is 51.5 Å². The first kappa shape index (κ1) is 14.0. The van der Waals surface area contributed by atoms with Crippen molar-refractivity contribution in [3.8, 4) is 11.5 Å². The molecule has 0 amide bonds. The standard InChI is InChI=1S/C14H13BrClNO2/c1-18-11-4-5-14(13(17)7-11)19-8-9-2-3-10(15)6-12(9)16/h2-7H,8,17H2,1H3. The highest BCUT2D eigenvalue weighted by atomic mass is 79.9. The number of hydrogen-bond acceptors (Lipinski definition) is 3. The van der Waals surface area contributed by atoms with Gasteiger partial charge in [0.25, 0.3) is 0 Å². The minimum Gasteiger partial charge on any atom is -0.497 e. The number of anilines is 1. The van der Waals surface area contributed by atoms with Crippen molar-refractivity contribution in [2.75, 3.05) is 12.8 Å². The molecule has 0 aliphatic heterocycles. The van der Waals surface area contributed by atoms with Crippen molar-refractivity contribution in [1.82, 2.24) is 0 Å². The fourth-order valence-electron chi connectivity index (χ4n) is 1.58. The number of nitrogen functional groups attached to an aromatic ring is 1. The molecule has 2 aromatic rings. The summed E-state index contributed by atoms with van der Waals surface area (Å²) in [7, 11) is 1.59. The van der Waals surface area contributed by atoms with E-state index in [9.17, 15) is 0 Å². The van der Waals surface area contributed by atoms with Gasteiger partial charge in [0.1, 0.15) is 18.1 Å². The van der Waals surface area contributed by atoms with Crippen molar-refractivity contribution < 1.29 is 9.47 Å². The molecule has 0 bridgehead atoms. The third-order valence-electron chi connectivity index (χ3n) is 2.62. The summed E-state index contributed by atoms with van der Waals surface area (Å²) in [5, 5.41) is 0.654. The molecule has 2 rings (SSSR count). The van der Waals surface area contributed by atoms with E-state index in [1.54, 1.807) is 25.3 Å². The number of nitrogens with two attached hydrogens (primary N) is 1. The highest BCUT2D eigenvalue weighted by molar-refractivity contribution is 9.10. The normalized spacial score (nSPS) is 10.3. The van der Waals surface area contributed by atoms with E-state index < -0.39 is 0 Å². The maximum atomic E-state index is 6.12. The van der Waals surface area contributed by atoms with Gasteiger partial charge in [-0.2, -0.15) is 0 Å². The van der Waals surface area contributed by atoms with Crippen LogP contribution in [0.25, 0.3) is 0 Å². The minimum atomic E-state index is 0.364. The van der Waals surface area contributed by atoms with E-state index in [2.05, 4.69) is 15.9 Å². The van der Waals surface area contributed by atoms with Gasteiger partial charge in [0, 0.05) is 21.1 Å². The molecule has 0 aliphatic carbocycles. The van der Waals surface area contributed by atoms with E-state index in [0.29, 0.717) is 28.8 Å². The maximum absolute atomic E-state index is 6.12. The predicted molar refractivity (Wildman–Crippen MR) is 80.9 cm³/mol. The summed E-state index contributed by atoms with van der Waals surface area (Å²) in [6, 6.07) is 11.0. The summed E-state index contributed by atoms with van der Waals surface area (Å²) in [6.45, 7) is 0.364. The third kappa shape index (κ3) is 3.55. The number of halogens is 2. The molecule has 3 nitrogen and oxygen atoms in total. The first-order valence-electron chi connectivity index (χ1n) is 5.60. The second-order valence-electron chi connectivity index (χ2n) is 3.93. The van der Waals surface area contributed by atoms with Gasteiger partial charge >= 0.3 is 0 Å². The summed E-state index contributed by atoms with van der Waals surface area (Å²) in [5.74, 6) is 1.31. The Morgan fingerprint density at radius 1 is 1.21 bits per heavy atom. The van der Waals surface area contributed by atoms with E-state index in [1.165, 1.54) is 0 Å². The highest BCUT2D eigenvalue weighted by Gasteiger charge is 2.05. The zero-order chi connectivity index (χ0) is 13.8. The van der Waals surface area contributed by atoms with Gasteiger partial charge in [-0.25, -0.2) is 0 Å². The lowest BCUT2D eigenvalue weighted by molar-refractivity contribution is 0.307. The summed E-state index contributed by atoms with van der Waals surface area (Å²) in [4.78, 5) is 0. The molecule has 0 fully saturated rings. The maximum Gasteiger partial charge on any atom is 0.142 e. The van der Waals surface area contributed by atoms with Crippen LogP contribution in [0.4, 0.5) is 5.69 Å². The third-order valence-corrected chi connectivity index (χ3v) is 3.46. The van der Waals surface area contributed by atoms with Crippen LogP contribution in [-0.4, -0.2) is 7.11 Å². The van der Waals surface area contributed by atoms with Crippen LogP contribution in [0, 0.1) is 0 Å². The molecule has 5 heteroatoms. The van der Waals surface area contributed by atoms with Crippen molar-refractivity contribution in [1.29, 1.82) is 0 Å². The Bertz CT molecular complexity index is 590. The summed E-state index contributed by atoms with van der Waals surface area (Å²) >= 11 is 9.48. The van der Waals surface area contributed by atoms with Crippen molar-refractivity contribution >= 4 is 33.2 Å². The van der Waals surface area contributed by atoms with Crippen molar-refractivity contribution in [2.45, 2.75) is 6.61 Å². The number of rotatable bonds is 4. The molecular formula is C14H13BrClNO2. The Hall–Kier alpha value is -1.39. The van der Waals surface area contributed by atoms with Gasteiger partial charge in [0.2, 0.25) is 0 Å². The lowest BCUT2D eigenvalue weighted by Crippen LogP contribution is -1.99. The van der Waals surface area contributed by atoms with E-state index in [-0.39, 0.29) is 0 Å². The molecule has 0 aromatic heterocycles. The van der Waals surface area contributed by atoms with Crippen LogP contribution in [0.3, 0.4) is 0 Å². The summed E-state index contributed by atoms with van der Waals surface area (Å²) < 4.78 is 11.7. The smallest absolute Gasteiger partial charge is 0.142 e. The Morgan fingerprint density at radius 3 is 2.63 bits per heavy atom. The molecule has 100 valence electrons. The zero-order valence-electron chi connectivity index (χ0n) is 10.3. The van der Waals surface area contributed by atoms with Crippen LogP contribution in [0.1, 0.15) is 5.56 Å². The molecule has 0 heterocycles. The van der Waals surface area contributed by atoms with Crippen LogP contribution >= 0.6 is 27.5 Å². The van der Waals surface area contributed by atoms with Crippen LogP contribution < -0.4 is 15.2 Å². The number of ether oxygens (including phenoxy) is 2. The predicted octanol–water partition coefficient (Wildman–Crippen LogP) is 4.27. The Balaban J connectivity index is 2.10. The lowest BCUT2D eigenvalue weighted by atomic mass is 10.2. The first-order valence-corrected chi connectivity index (χ1v) is 6.77. The molecule has 0 radical (unpaired) electrons. The molecule has 0 atom stereocenters. The second-order valence-corrected chi connectivity index (χ2v) is 5.25. The molecule has 0 saturated heterocycles. The summed E-state index contributed by atoms with van der Waals surface area (Å²) in [6.07, 6.45) is 0. The first-order chi connectivity index (χ1) is 9.10. The molecule has 0 unspecified atom stereocenters. The van der Waals surface area contributed by atoms with Crippen molar-refractivity contribution in [3.63, 3.8) is 0 Å². The molecular weight excluding hydrogens is 330 g/mol. The highest BCUT2D eigenvalue weighted by Crippen LogP contribution is 2.28. The number of hydrogen-bond donors (Lipinski definition) is 1. The Morgan fingerprint density at radius 2 is 2.00 bits per heavy atom. The fraction of sp³-hybridized carbons (Fsp3) is 0.143. The van der Waals surface area contributed by atoms with Crippen LogP contribution in [-0.2, 0) is 6.61 Å². The Kier molecular flexibility index (Phi) is 4.56. The van der Waals surface area contributed by atoms with Crippen molar-refractivity contribution in [2.24, 2.45) is 0 Å². The van der Waals surface area contributed by atoms with E-state index >= 15 is 0 Å². The average molecular weight is 343 g/mol. The van der Waals surface area contributed by atoms with E-state index in [0.717, 1.165) is 10.0 Å². The fourth-order valence-corrected chi connectivity index (χ4v) is 2.31. The Labute approximate surface area is 125 Å². The SMILES string of the molecule is COc1ccc(OCc2ccc(Br)cc2Cl)c(N)c1. The second kappa shape index (κ2) is 6.17. The topological polar surface area (TPSA) is 44.5 Å². The van der Waals surface area contributed by atoms with Gasteiger partial charge in [-0.15, -0.1) is 0 Å². The average Bonchev–Trinajstić information content (AvgIpc) is 2.39. The number of methoxy groups -OCH3 is 1. The van der Waals surface area contributed by atoms with Gasteiger partial charge in [-0.3, -0.25) is 0 Å². The lowest BCUT2D eigenvalue weighted by Gasteiger charge is -2.11. The van der Waals surface area contributed by atoms with Gasteiger partial charge < -0.3 is 15.2 Å². The van der Waals surface area contributed by atoms with E-state index in [1.807, 2.05) is 18.2 Å². The van der Waals surface area contributed by atoms with Crippen LogP contribution in [0.2, 0.25) is 5.02 Å². The van der Waals surface area contributed by atoms with Gasteiger partial charge in [-0.05, 0) is 24.3 Å². The number of benzene rings is 2. The van der Waals surface area contributed by atoms with Crippen LogP contribution in [0.5, 0.6) is 11.5 Å². The van der Waals surface area contributed by atoms with E-state index in [4.69, 9.17) is 26.8 Å². The quantitative estimate of drug-likeness (QED) is 0.844. The molecule has 0 spiro atoms. The largest absolute Gasteiger partial charge is 0.497 e. The van der Waals surface area contributed by atoms with Gasteiger partial charge in [0.05, 0.1) is 12.8 Å². The zero-order valence-corrected chi connectivity index (χ0v) is 12.7. The molecule has 19 heavy (non-hydrogen) atoms.